The van der Waals surface area contributed by atoms with Crippen LogP contribution in [0.3, 0.4) is 0 Å². The van der Waals surface area contributed by atoms with Crippen LogP contribution in [-0.4, -0.2) is 22.3 Å². The maximum atomic E-state index is 14.9. The zero-order valence-corrected chi connectivity index (χ0v) is 22.8. The topological polar surface area (TPSA) is 44.4 Å². The molecule has 6 unspecified atom stereocenters. The molecule has 5 heteroatoms. The van der Waals surface area contributed by atoms with Crippen LogP contribution in [0.1, 0.15) is 53.3 Å². The molecule has 2 saturated heterocycles. The molecular formula is C34H33N3OS. The highest BCUT2D eigenvalue weighted by Crippen LogP contribution is 2.56. The Bertz CT molecular complexity index is 1320. The van der Waals surface area contributed by atoms with Gasteiger partial charge in [0.25, 0.3) is 0 Å². The second-order valence-corrected chi connectivity index (χ2v) is 10.7. The van der Waals surface area contributed by atoms with Gasteiger partial charge in [-0.15, -0.1) is 0 Å². The van der Waals surface area contributed by atoms with Crippen molar-refractivity contribution >= 4 is 23.1 Å². The quantitative estimate of drug-likeness (QED) is 0.285. The second kappa shape index (κ2) is 11.1. The summed E-state index contributed by atoms with van der Waals surface area (Å²) in [5.41, 5.74) is 4.42. The zero-order valence-electron chi connectivity index (χ0n) is 22.0. The number of carbonyl (C=O) groups excluding carboxylic acids is 1. The van der Waals surface area contributed by atoms with Crippen LogP contribution < -0.4 is 10.6 Å². The van der Waals surface area contributed by atoms with E-state index in [4.69, 9.17) is 12.2 Å². The zero-order chi connectivity index (χ0) is 26.8. The average molecular weight is 532 g/mol. The van der Waals surface area contributed by atoms with Crippen LogP contribution in [0.5, 0.6) is 0 Å². The van der Waals surface area contributed by atoms with Gasteiger partial charge in [0.15, 0.2) is 5.11 Å². The summed E-state index contributed by atoms with van der Waals surface area (Å²) in [4.78, 5) is 17.3. The summed E-state index contributed by atoms with van der Waals surface area (Å²) in [6.07, 6.45) is 0. The fourth-order valence-electron chi connectivity index (χ4n) is 6.61. The molecule has 4 aromatic carbocycles. The van der Waals surface area contributed by atoms with Gasteiger partial charge in [0.05, 0.1) is 23.9 Å². The predicted octanol–water partition coefficient (Wildman–Crippen LogP) is 6.57. The first-order chi connectivity index (χ1) is 19.2. The van der Waals surface area contributed by atoms with E-state index >= 15 is 0 Å². The predicted molar refractivity (Wildman–Crippen MR) is 160 cm³/mol. The number of hydrogen-bond donors (Lipinski definition) is 2. The number of ketones is 1. The molecule has 2 bridgehead atoms. The Balaban J connectivity index is 1.61. The fourth-order valence-corrected chi connectivity index (χ4v) is 6.98. The van der Waals surface area contributed by atoms with E-state index in [1.54, 1.807) is 0 Å². The highest BCUT2D eigenvalue weighted by Gasteiger charge is 2.58. The summed E-state index contributed by atoms with van der Waals surface area (Å²) in [5, 5.41) is 8.14. The number of thiocarbonyl (C=S) groups is 1. The van der Waals surface area contributed by atoms with E-state index in [9.17, 15) is 4.79 Å². The number of Topliss-reactive ketones (excluding diaryl/α,β-unsaturated/α-hetero) is 1. The lowest BCUT2D eigenvalue weighted by Gasteiger charge is -2.57. The Kier molecular flexibility index (Phi) is 7.27. The molecule has 6 atom stereocenters. The largest absolute Gasteiger partial charge is 0.363 e. The van der Waals surface area contributed by atoms with Gasteiger partial charge in [-0.1, -0.05) is 121 Å². The number of nitrogens with one attached hydrogen (secondary N) is 2. The molecule has 0 aromatic heterocycles. The summed E-state index contributed by atoms with van der Waals surface area (Å²) < 4.78 is 0. The highest BCUT2D eigenvalue weighted by molar-refractivity contribution is 7.80. The summed E-state index contributed by atoms with van der Waals surface area (Å²) in [5.74, 6) is -0.359. The first-order valence-electron chi connectivity index (χ1n) is 13.7. The van der Waals surface area contributed by atoms with E-state index in [2.05, 4.69) is 120 Å². The minimum Gasteiger partial charge on any atom is -0.363 e. The molecule has 2 fully saturated rings. The average Bonchev–Trinajstić information content (AvgIpc) is 2.99. The third kappa shape index (κ3) is 4.66. The van der Waals surface area contributed by atoms with Crippen LogP contribution in [-0.2, 0) is 4.79 Å². The van der Waals surface area contributed by atoms with E-state index in [0.29, 0.717) is 11.7 Å². The summed E-state index contributed by atoms with van der Waals surface area (Å²) >= 11 is 6.14. The van der Waals surface area contributed by atoms with Crippen molar-refractivity contribution in [2.45, 2.75) is 31.1 Å². The molecule has 0 spiro atoms. The minimum absolute atomic E-state index is 0.172. The summed E-state index contributed by atoms with van der Waals surface area (Å²) in [6, 6.07) is 40.8. The Hall–Kier alpha value is -3.80. The molecule has 2 N–H and O–H groups in total. The first kappa shape index (κ1) is 25.5. The van der Waals surface area contributed by atoms with Crippen molar-refractivity contribution in [3.8, 4) is 0 Å². The number of nitrogens with zero attached hydrogens (tertiary/aromatic N) is 1. The SMILES string of the molecule is CCNC(=S)N1C(c2ccccc2)C2C(=O)C(C(c3ccccc3)NC2c2ccccc2)C1c1ccccc1. The third-order valence-electron chi connectivity index (χ3n) is 8.18. The van der Waals surface area contributed by atoms with Crippen LogP contribution in [0.15, 0.2) is 121 Å². The van der Waals surface area contributed by atoms with Crippen molar-refractivity contribution < 1.29 is 4.79 Å². The van der Waals surface area contributed by atoms with Crippen LogP contribution >= 0.6 is 12.2 Å². The number of carbonyl (C=O) groups is 1. The molecule has 6 rings (SSSR count). The molecule has 196 valence electrons. The van der Waals surface area contributed by atoms with Crippen molar-refractivity contribution in [2.24, 2.45) is 11.8 Å². The van der Waals surface area contributed by atoms with Gasteiger partial charge in [-0.05, 0) is 41.4 Å². The molecule has 2 heterocycles. The van der Waals surface area contributed by atoms with Crippen LogP contribution in [0.2, 0.25) is 0 Å². The fraction of sp³-hybridized carbons (Fsp3) is 0.235. The number of hydrogen-bond acceptors (Lipinski definition) is 3. The first-order valence-corrected chi connectivity index (χ1v) is 14.2. The molecule has 0 amide bonds. The number of likely N-dealkylation sites (tertiary alicyclic amines) is 1. The van der Waals surface area contributed by atoms with Gasteiger partial charge in [0.2, 0.25) is 0 Å². The van der Waals surface area contributed by atoms with E-state index in [0.717, 1.165) is 22.3 Å². The maximum Gasteiger partial charge on any atom is 0.170 e. The molecule has 2 aliphatic rings. The van der Waals surface area contributed by atoms with Gasteiger partial charge in [-0.2, -0.15) is 0 Å². The maximum absolute atomic E-state index is 14.9. The Morgan fingerprint density at radius 1 is 0.667 bits per heavy atom. The lowest BCUT2D eigenvalue weighted by atomic mass is 9.63. The Labute approximate surface area is 236 Å². The standard InChI is InChI=1S/C34H33N3OS/c1-2-35-34(39)37-31(25-19-11-5-12-20-25)27-29(23-15-7-3-8-16-23)36-30(24-17-9-4-10-18-24)28(33(27)38)32(37)26-21-13-6-14-22-26/h3-22,27-32,36H,2H2,1H3,(H,35,39). The van der Waals surface area contributed by atoms with Gasteiger partial charge in [-0.25, -0.2) is 0 Å². The molecule has 0 saturated carbocycles. The normalized spacial score (nSPS) is 26.2. The van der Waals surface area contributed by atoms with Crippen LogP contribution in [0.4, 0.5) is 0 Å². The monoisotopic (exact) mass is 531 g/mol. The molecule has 0 aliphatic carbocycles. The van der Waals surface area contributed by atoms with E-state index in [1.165, 1.54) is 0 Å². The Morgan fingerprint density at radius 2 is 1.03 bits per heavy atom. The molecule has 39 heavy (non-hydrogen) atoms. The van der Waals surface area contributed by atoms with Crippen LogP contribution in [0, 0.1) is 11.8 Å². The molecule has 4 nitrogen and oxygen atoms in total. The molecular weight excluding hydrogens is 498 g/mol. The van der Waals surface area contributed by atoms with E-state index in [-0.39, 0.29) is 41.8 Å². The molecule has 4 aromatic rings. The summed E-state index contributed by atoms with van der Waals surface area (Å²) in [6.45, 7) is 2.78. The van der Waals surface area contributed by atoms with Gasteiger partial charge >= 0.3 is 0 Å². The number of benzene rings is 4. The third-order valence-corrected chi connectivity index (χ3v) is 8.53. The van der Waals surface area contributed by atoms with Gasteiger partial charge in [-0.3, -0.25) is 4.79 Å². The van der Waals surface area contributed by atoms with E-state index in [1.807, 2.05) is 24.3 Å². The van der Waals surface area contributed by atoms with Crippen molar-refractivity contribution in [1.82, 2.24) is 15.5 Å². The van der Waals surface area contributed by atoms with Crippen LogP contribution in [0.25, 0.3) is 0 Å². The molecule has 2 aliphatic heterocycles. The lowest BCUT2D eigenvalue weighted by Crippen LogP contribution is -2.63. The van der Waals surface area contributed by atoms with Crippen molar-refractivity contribution in [2.75, 3.05) is 6.54 Å². The van der Waals surface area contributed by atoms with Crippen molar-refractivity contribution in [3.05, 3.63) is 144 Å². The Morgan fingerprint density at radius 3 is 1.38 bits per heavy atom. The number of fused-ring (bicyclic) bond motifs is 2. The van der Waals surface area contributed by atoms with E-state index < -0.39 is 0 Å². The number of piperidine rings is 2. The lowest BCUT2D eigenvalue weighted by molar-refractivity contribution is -0.145. The van der Waals surface area contributed by atoms with Crippen molar-refractivity contribution in [1.29, 1.82) is 0 Å². The smallest absolute Gasteiger partial charge is 0.170 e. The van der Waals surface area contributed by atoms with Crippen molar-refractivity contribution in [3.63, 3.8) is 0 Å². The summed E-state index contributed by atoms with van der Waals surface area (Å²) in [7, 11) is 0. The minimum atomic E-state index is -0.323. The van der Waals surface area contributed by atoms with Gasteiger partial charge in [0.1, 0.15) is 5.78 Å². The molecule has 0 radical (unpaired) electrons. The second-order valence-electron chi connectivity index (χ2n) is 10.4. The van der Waals surface area contributed by atoms with Gasteiger partial charge in [0, 0.05) is 18.6 Å². The van der Waals surface area contributed by atoms with Gasteiger partial charge < -0.3 is 15.5 Å². The number of rotatable bonds is 5. The highest BCUT2D eigenvalue weighted by atomic mass is 32.1.